The molecule has 1 aromatic rings. The van der Waals surface area contributed by atoms with Crippen LogP contribution in [0.5, 0.6) is 5.75 Å². The number of benzene rings is 1. The van der Waals surface area contributed by atoms with E-state index in [1.807, 2.05) is 6.07 Å². The lowest BCUT2D eigenvalue weighted by Gasteiger charge is -2.13. The highest BCUT2D eigenvalue weighted by atomic mass is 35.5. The molecule has 0 radical (unpaired) electrons. The topological polar surface area (TPSA) is 37.3 Å². The molecule has 1 N–H and O–H groups in total. The molecule has 4 heteroatoms. The highest BCUT2D eigenvalue weighted by molar-refractivity contribution is 6.55. The molecule has 0 amide bonds. The van der Waals surface area contributed by atoms with Gasteiger partial charge in [-0.15, -0.1) is 0 Å². The molecule has 0 bridgehead atoms. The molecule has 0 saturated carbocycles. The van der Waals surface area contributed by atoms with Crippen molar-refractivity contribution in [2.45, 2.75) is 37.4 Å². The number of carbonyl (C=O) groups excluding carboxylic acids is 1. The lowest BCUT2D eigenvalue weighted by Crippen LogP contribution is -2.09. The minimum atomic E-state index is -1.14. The first-order valence-electron chi connectivity index (χ1n) is 5.62. The first-order chi connectivity index (χ1) is 7.97. The van der Waals surface area contributed by atoms with Gasteiger partial charge < -0.3 is 5.11 Å². The van der Waals surface area contributed by atoms with Gasteiger partial charge in [0.1, 0.15) is 5.75 Å². The van der Waals surface area contributed by atoms with Crippen LogP contribution in [0, 0.1) is 0 Å². The van der Waals surface area contributed by atoms with Gasteiger partial charge in [-0.3, -0.25) is 4.79 Å². The zero-order chi connectivity index (χ0) is 13.0. The fourth-order valence-corrected chi connectivity index (χ4v) is 2.01. The lowest BCUT2D eigenvalue weighted by molar-refractivity contribution is 0.100. The van der Waals surface area contributed by atoms with Crippen molar-refractivity contribution in [2.24, 2.45) is 0 Å². The molecule has 0 aliphatic rings. The summed E-state index contributed by atoms with van der Waals surface area (Å²) in [5, 5.41) is 9.63. The van der Waals surface area contributed by atoms with Crippen LogP contribution in [0.25, 0.3) is 0 Å². The van der Waals surface area contributed by atoms with Gasteiger partial charge in [-0.1, -0.05) is 49.5 Å². The summed E-state index contributed by atoms with van der Waals surface area (Å²) < 4.78 is 0. The predicted octanol–water partition coefficient (Wildman–Crippen LogP) is 4.28. The van der Waals surface area contributed by atoms with Crippen LogP contribution in [-0.4, -0.2) is 15.7 Å². The Hall–Kier alpha value is -0.730. The van der Waals surface area contributed by atoms with Crippen molar-refractivity contribution in [3.8, 4) is 5.75 Å². The van der Waals surface area contributed by atoms with Gasteiger partial charge in [0.15, 0.2) is 10.6 Å². The molecule has 1 atom stereocenters. The van der Waals surface area contributed by atoms with Gasteiger partial charge in [0.25, 0.3) is 0 Å². The van der Waals surface area contributed by atoms with E-state index < -0.39 is 10.6 Å². The van der Waals surface area contributed by atoms with Crippen molar-refractivity contribution >= 4 is 29.0 Å². The summed E-state index contributed by atoms with van der Waals surface area (Å²) in [7, 11) is 0. The number of carbonyl (C=O) groups is 1. The molecule has 94 valence electrons. The molecule has 1 aromatic carbocycles. The summed E-state index contributed by atoms with van der Waals surface area (Å²) >= 11 is 11.1. The van der Waals surface area contributed by atoms with Crippen LogP contribution in [0.15, 0.2) is 18.2 Å². The SMILES string of the molecule is CCCC(C)c1ccc(O)c(C(=O)C(Cl)Cl)c1. The molecule has 0 saturated heterocycles. The quantitative estimate of drug-likeness (QED) is 0.643. The molecule has 0 aromatic heterocycles. The molecule has 0 fully saturated rings. The van der Waals surface area contributed by atoms with Crippen molar-refractivity contribution in [3.63, 3.8) is 0 Å². The maximum absolute atomic E-state index is 11.7. The first kappa shape index (κ1) is 14.3. The van der Waals surface area contributed by atoms with Crippen LogP contribution in [0.4, 0.5) is 0 Å². The van der Waals surface area contributed by atoms with Gasteiger partial charge in [-0.05, 0) is 30.0 Å². The largest absolute Gasteiger partial charge is 0.507 e. The van der Waals surface area contributed by atoms with Gasteiger partial charge in [0, 0.05) is 0 Å². The van der Waals surface area contributed by atoms with E-state index in [1.54, 1.807) is 6.07 Å². The van der Waals surface area contributed by atoms with E-state index in [1.165, 1.54) is 6.07 Å². The molecular formula is C13H16Cl2O2. The molecule has 0 heterocycles. The monoisotopic (exact) mass is 274 g/mol. The zero-order valence-corrected chi connectivity index (χ0v) is 11.4. The maximum Gasteiger partial charge on any atom is 0.199 e. The Morgan fingerprint density at radius 2 is 2.06 bits per heavy atom. The summed E-state index contributed by atoms with van der Waals surface area (Å²) in [6, 6.07) is 5.02. The molecule has 0 aliphatic carbocycles. The molecule has 2 nitrogen and oxygen atoms in total. The third-order valence-electron chi connectivity index (χ3n) is 2.77. The van der Waals surface area contributed by atoms with E-state index in [4.69, 9.17) is 23.2 Å². The van der Waals surface area contributed by atoms with Crippen LogP contribution in [-0.2, 0) is 0 Å². The van der Waals surface area contributed by atoms with E-state index in [0.29, 0.717) is 5.92 Å². The molecular weight excluding hydrogens is 259 g/mol. The highest BCUT2D eigenvalue weighted by Gasteiger charge is 2.19. The van der Waals surface area contributed by atoms with Crippen LogP contribution in [0.1, 0.15) is 48.5 Å². The molecule has 1 rings (SSSR count). The van der Waals surface area contributed by atoms with Crippen molar-refractivity contribution in [2.75, 3.05) is 0 Å². The van der Waals surface area contributed by atoms with E-state index in [0.717, 1.165) is 18.4 Å². The molecule has 0 aliphatic heterocycles. The average molecular weight is 275 g/mol. The van der Waals surface area contributed by atoms with Crippen LogP contribution < -0.4 is 0 Å². The number of Topliss-reactive ketones (excluding diaryl/α,β-unsaturated/α-hetero) is 1. The molecule has 1 unspecified atom stereocenters. The fraction of sp³-hybridized carbons (Fsp3) is 0.462. The van der Waals surface area contributed by atoms with Gasteiger partial charge in [0.2, 0.25) is 0 Å². The Labute approximate surface area is 112 Å². The summed E-state index contributed by atoms with van der Waals surface area (Å²) in [5.41, 5.74) is 1.21. The number of alkyl halides is 2. The number of hydrogen-bond acceptors (Lipinski definition) is 2. The number of halogens is 2. The third-order valence-corrected chi connectivity index (χ3v) is 3.17. The van der Waals surface area contributed by atoms with E-state index in [9.17, 15) is 9.90 Å². The maximum atomic E-state index is 11.7. The second kappa shape index (κ2) is 6.27. The number of phenols is 1. The number of hydrogen-bond donors (Lipinski definition) is 1. The third kappa shape index (κ3) is 3.62. The standard InChI is InChI=1S/C13H16Cl2O2/c1-3-4-8(2)9-5-6-11(16)10(7-9)12(17)13(14)15/h5-8,13,16H,3-4H2,1-2H3. The average Bonchev–Trinajstić information content (AvgIpc) is 2.28. The normalized spacial score (nSPS) is 12.8. The van der Waals surface area contributed by atoms with Crippen molar-refractivity contribution in [1.82, 2.24) is 0 Å². The van der Waals surface area contributed by atoms with Crippen molar-refractivity contribution < 1.29 is 9.90 Å². The number of phenolic OH excluding ortho intramolecular Hbond substituents is 1. The highest BCUT2D eigenvalue weighted by Crippen LogP contribution is 2.28. The van der Waals surface area contributed by atoms with Crippen molar-refractivity contribution in [1.29, 1.82) is 0 Å². The fourth-order valence-electron chi connectivity index (χ4n) is 1.77. The first-order valence-corrected chi connectivity index (χ1v) is 6.50. The van der Waals surface area contributed by atoms with Gasteiger partial charge in [-0.2, -0.15) is 0 Å². The van der Waals surface area contributed by atoms with Gasteiger partial charge in [0.05, 0.1) is 5.56 Å². The minimum absolute atomic E-state index is 0.0752. The smallest absolute Gasteiger partial charge is 0.199 e. The Morgan fingerprint density at radius 1 is 1.41 bits per heavy atom. The van der Waals surface area contributed by atoms with Crippen LogP contribution in [0.3, 0.4) is 0 Å². The Kier molecular flexibility index (Phi) is 5.29. The Morgan fingerprint density at radius 3 is 2.59 bits per heavy atom. The zero-order valence-electron chi connectivity index (χ0n) is 9.91. The van der Waals surface area contributed by atoms with Crippen LogP contribution >= 0.6 is 23.2 Å². The summed E-state index contributed by atoms with van der Waals surface area (Å²) in [5.74, 6) is -0.193. The number of aromatic hydroxyl groups is 1. The number of ketones is 1. The minimum Gasteiger partial charge on any atom is -0.507 e. The van der Waals surface area contributed by atoms with Gasteiger partial charge in [-0.25, -0.2) is 0 Å². The van der Waals surface area contributed by atoms with Crippen molar-refractivity contribution in [3.05, 3.63) is 29.3 Å². The Balaban J connectivity index is 3.06. The summed E-state index contributed by atoms with van der Waals surface area (Å²) in [4.78, 5) is 10.5. The molecule has 0 spiro atoms. The summed E-state index contributed by atoms with van der Waals surface area (Å²) in [6.07, 6.45) is 2.10. The Bertz CT molecular complexity index is 402. The van der Waals surface area contributed by atoms with E-state index in [2.05, 4.69) is 13.8 Å². The lowest BCUT2D eigenvalue weighted by atomic mass is 9.94. The second-order valence-electron chi connectivity index (χ2n) is 4.13. The van der Waals surface area contributed by atoms with E-state index >= 15 is 0 Å². The number of rotatable bonds is 5. The van der Waals surface area contributed by atoms with E-state index in [-0.39, 0.29) is 11.3 Å². The second-order valence-corrected chi connectivity index (χ2v) is 5.23. The van der Waals surface area contributed by atoms with Crippen LogP contribution in [0.2, 0.25) is 0 Å². The molecule has 17 heavy (non-hydrogen) atoms. The summed E-state index contributed by atoms with van der Waals surface area (Å²) in [6.45, 7) is 4.19. The predicted molar refractivity (Wildman–Crippen MR) is 71.3 cm³/mol. The van der Waals surface area contributed by atoms with Gasteiger partial charge >= 0.3 is 0 Å².